The molecule has 1 aliphatic rings. The summed E-state index contributed by atoms with van der Waals surface area (Å²) in [7, 11) is 4.29. The second-order valence-corrected chi connectivity index (χ2v) is 8.02. The number of aryl methyl sites for hydroxylation is 2. The van der Waals surface area contributed by atoms with Gasteiger partial charge in [-0.15, -0.1) is 0 Å². The summed E-state index contributed by atoms with van der Waals surface area (Å²) in [5.41, 5.74) is 10.8. The molecule has 2 heterocycles. The predicted molar refractivity (Wildman–Crippen MR) is 111 cm³/mol. The lowest BCUT2D eigenvalue weighted by Crippen LogP contribution is -3.05. The molecule has 1 atom stereocenters. The van der Waals surface area contributed by atoms with Crippen molar-refractivity contribution in [1.82, 2.24) is 4.98 Å². The summed E-state index contributed by atoms with van der Waals surface area (Å²) in [6, 6.07) is 13.7. The number of benzene rings is 2. The van der Waals surface area contributed by atoms with Crippen LogP contribution in [0.25, 0.3) is 0 Å². The highest BCUT2D eigenvalue weighted by atomic mass is 16.5. The van der Waals surface area contributed by atoms with E-state index in [1.165, 1.54) is 10.5 Å². The average molecular weight is 393 g/mol. The molecule has 0 bridgehead atoms. The van der Waals surface area contributed by atoms with Crippen LogP contribution in [0, 0.1) is 6.92 Å². The third kappa shape index (κ3) is 3.76. The van der Waals surface area contributed by atoms with Gasteiger partial charge in [-0.3, -0.25) is 0 Å². The Labute approximate surface area is 171 Å². The van der Waals surface area contributed by atoms with Crippen molar-refractivity contribution in [1.29, 1.82) is 0 Å². The number of nitrogens with one attached hydrogen (secondary N) is 1. The van der Waals surface area contributed by atoms with Gasteiger partial charge in [0.25, 0.3) is 0 Å². The van der Waals surface area contributed by atoms with E-state index in [2.05, 4.69) is 50.3 Å². The Kier molecular flexibility index (Phi) is 5.11. The molecule has 0 saturated heterocycles. The minimum absolute atomic E-state index is 0.102. The smallest absolute Gasteiger partial charge is 0.306 e. The van der Waals surface area contributed by atoms with Crippen molar-refractivity contribution in [3.63, 3.8) is 0 Å². The molecule has 0 amide bonds. The Morgan fingerprint density at radius 1 is 1.17 bits per heavy atom. The van der Waals surface area contributed by atoms with Gasteiger partial charge in [0, 0.05) is 18.1 Å². The molecule has 2 aromatic carbocycles. The fourth-order valence-corrected chi connectivity index (χ4v) is 3.87. The first-order valence-corrected chi connectivity index (χ1v) is 9.98. The first kappa shape index (κ1) is 19.2. The van der Waals surface area contributed by atoms with E-state index in [0.717, 1.165) is 36.2 Å². The number of fused-ring (bicyclic) bond motifs is 2. The van der Waals surface area contributed by atoms with E-state index in [1.54, 1.807) is 18.5 Å². The number of phenols is 1. The molecule has 1 aromatic heterocycles. The normalized spacial score (nSPS) is 15.0. The number of aromatic hydroxyl groups is 1. The molecular weight excluding hydrogens is 364 g/mol. The summed E-state index contributed by atoms with van der Waals surface area (Å²) in [5, 5.41) is 9.94. The average Bonchev–Trinajstić information content (AvgIpc) is 2.68. The largest absolute Gasteiger partial charge is 0.508 e. The highest BCUT2D eigenvalue weighted by Gasteiger charge is 2.36. The number of hydrogen-bond donors (Lipinski definition) is 3. The number of nitrogens with two attached hydrogens (primary N) is 1. The minimum Gasteiger partial charge on any atom is -0.508 e. The maximum absolute atomic E-state index is 9.94. The van der Waals surface area contributed by atoms with Gasteiger partial charge in [-0.05, 0) is 18.6 Å². The van der Waals surface area contributed by atoms with E-state index < -0.39 is 0 Å². The van der Waals surface area contributed by atoms with E-state index in [-0.39, 0.29) is 11.7 Å². The molecule has 0 aliphatic carbocycles. The van der Waals surface area contributed by atoms with Gasteiger partial charge in [-0.1, -0.05) is 40.9 Å². The van der Waals surface area contributed by atoms with Crippen LogP contribution in [0.15, 0.2) is 48.8 Å². The molecule has 0 unspecified atom stereocenters. The summed E-state index contributed by atoms with van der Waals surface area (Å²) >= 11 is 0. The van der Waals surface area contributed by atoms with Gasteiger partial charge in [0.1, 0.15) is 17.1 Å². The molecular formula is C23H28N4O2+2. The molecule has 4 rings (SSSR count). The SMILES string of the molecule is Cc1ccc([C@H]2c3ccc(O)cc3Oc3nc[n+](CCC[NH+](C)C)c(N)c32)cc1. The van der Waals surface area contributed by atoms with Gasteiger partial charge in [-0.2, -0.15) is 0 Å². The molecule has 0 saturated carbocycles. The van der Waals surface area contributed by atoms with Crippen LogP contribution < -0.4 is 19.9 Å². The van der Waals surface area contributed by atoms with Crippen LogP contribution in [-0.4, -0.2) is 30.7 Å². The number of nitrogen functional groups attached to an aromatic ring is 1. The van der Waals surface area contributed by atoms with E-state index >= 15 is 0 Å². The number of nitrogens with zero attached hydrogens (tertiary/aromatic N) is 2. The third-order valence-electron chi connectivity index (χ3n) is 5.42. The van der Waals surface area contributed by atoms with Crippen molar-refractivity contribution >= 4 is 5.82 Å². The Morgan fingerprint density at radius 3 is 2.66 bits per heavy atom. The number of phenolic OH excluding ortho intramolecular Hbond substituents is 1. The van der Waals surface area contributed by atoms with Crippen molar-refractivity contribution < 1.29 is 19.3 Å². The Hall–Kier alpha value is -3.12. The second kappa shape index (κ2) is 7.72. The Balaban J connectivity index is 1.82. The zero-order chi connectivity index (χ0) is 20.5. The van der Waals surface area contributed by atoms with Gasteiger partial charge in [-0.25, -0.2) is 4.57 Å². The molecule has 6 heteroatoms. The lowest BCUT2D eigenvalue weighted by Gasteiger charge is -2.27. The summed E-state index contributed by atoms with van der Waals surface area (Å²) in [4.78, 5) is 5.98. The van der Waals surface area contributed by atoms with Crippen LogP contribution in [0.4, 0.5) is 5.82 Å². The summed E-state index contributed by atoms with van der Waals surface area (Å²) in [6.07, 6.45) is 2.76. The molecule has 0 radical (unpaired) electrons. The monoisotopic (exact) mass is 392 g/mol. The molecule has 4 N–H and O–H groups in total. The topological polar surface area (TPSA) is 76.7 Å². The zero-order valence-corrected chi connectivity index (χ0v) is 17.1. The van der Waals surface area contributed by atoms with Crippen molar-refractivity contribution in [3.8, 4) is 17.4 Å². The fraction of sp³-hybridized carbons (Fsp3) is 0.304. The summed E-state index contributed by atoms with van der Waals surface area (Å²) < 4.78 is 8.06. The lowest BCUT2D eigenvalue weighted by molar-refractivity contribution is -0.861. The standard InChI is InChI=1S/C23H26N4O2/c1-15-5-7-16(8-6-15)20-18-10-9-17(28)13-19(18)29-23-21(20)22(24)27(14-25-23)12-4-11-26(2)3/h5-10,13-14,20,24,28H,4,11-12H2,1-3H3/p+2/t20-/m0/s1. The summed E-state index contributed by atoms with van der Waals surface area (Å²) in [6.45, 7) is 3.94. The minimum atomic E-state index is -0.102. The van der Waals surface area contributed by atoms with Crippen molar-refractivity contribution in [2.24, 2.45) is 0 Å². The molecule has 6 nitrogen and oxygen atoms in total. The number of anilines is 1. The van der Waals surface area contributed by atoms with E-state index in [9.17, 15) is 5.11 Å². The number of aromatic nitrogens is 2. The molecule has 29 heavy (non-hydrogen) atoms. The fourth-order valence-electron chi connectivity index (χ4n) is 3.87. The number of quaternary nitrogens is 1. The van der Waals surface area contributed by atoms with Crippen LogP contribution in [0.1, 0.15) is 34.6 Å². The number of hydrogen-bond acceptors (Lipinski definition) is 4. The molecule has 150 valence electrons. The van der Waals surface area contributed by atoms with Crippen LogP contribution in [-0.2, 0) is 6.54 Å². The molecule has 0 spiro atoms. The first-order chi connectivity index (χ1) is 13.9. The summed E-state index contributed by atoms with van der Waals surface area (Å²) in [5.74, 6) is 1.85. The van der Waals surface area contributed by atoms with Crippen LogP contribution in [0.5, 0.6) is 17.4 Å². The second-order valence-electron chi connectivity index (χ2n) is 8.02. The van der Waals surface area contributed by atoms with Gasteiger partial charge in [0.05, 0.1) is 33.1 Å². The van der Waals surface area contributed by atoms with Crippen molar-refractivity contribution in [3.05, 3.63) is 71.0 Å². The number of ether oxygens (including phenoxy) is 1. The van der Waals surface area contributed by atoms with E-state index in [4.69, 9.17) is 10.5 Å². The molecule has 0 fully saturated rings. The van der Waals surface area contributed by atoms with Gasteiger partial charge >= 0.3 is 5.88 Å². The quantitative estimate of drug-likeness (QED) is 0.453. The van der Waals surface area contributed by atoms with Crippen LogP contribution in [0.2, 0.25) is 0 Å². The number of rotatable bonds is 5. The Morgan fingerprint density at radius 2 is 1.93 bits per heavy atom. The molecule has 1 aliphatic heterocycles. The maximum atomic E-state index is 9.94. The Bertz CT molecular complexity index is 1030. The highest BCUT2D eigenvalue weighted by Crippen LogP contribution is 2.48. The first-order valence-electron chi connectivity index (χ1n) is 9.98. The third-order valence-corrected chi connectivity index (χ3v) is 5.42. The van der Waals surface area contributed by atoms with Crippen LogP contribution in [0.3, 0.4) is 0 Å². The van der Waals surface area contributed by atoms with Gasteiger partial charge < -0.3 is 20.5 Å². The van der Waals surface area contributed by atoms with E-state index in [0.29, 0.717) is 17.4 Å². The maximum Gasteiger partial charge on any atom is 0.306 e. The van der Waals surface area contributed by atoms with E-state index in [1.807, 2.05) is 10.6 Å². The van der Waals surface area contributed by atoms with Crippen LogP contribution >= 0.6 is 0 Å². The lowest BCUT2D eigenvalue weighted by atomic mass is 9.83. The highest BCUT2D eigenvalue weighted by molar-refractivity contribution is 5.62. The van der Waals surface area contributed by atoms with Gasteiger partial charge in [0.15, 0.2) is 0 Å². The predicted octanol–water partition coefficient (Wildman–Crippen LogP) is 1.79. The van der Waals surface area contributed by atoms with Crippen molar-refractivity contribution in [2.75, 3.05) is 26.4 Å². The van der Waals surface area contributed by atoms with Gasteiger partial charge in [0.2, 0.25) is 12.1 Å². The van der Waals surface area contributed by atoms with Crippen molar-refractivity contribution in [2.45, 2.75) is 25.8 Å². The molecule has 3 aromatic rings. The zero-order valence-electron chi connectivity index (χ0n) is 17.1.